The maximum Gasteiger partial charge on any atom is 0.135 e. The lowest BCUT2D eigenvalue weighted by atomic mass is 10.1. The first kappa shape index (κ1) is 14.5. The summed E-state index contributed by atoms with van der Waals surface area (Å²) in [5.74, 6) is 2.09. The molecular weight excluding hydrogens is 260 g/mol. The van der Waals surface area contributed by atoms with E-state index in [1.807, 2.05) is 6.07 Å². The van der Waals surface area contributed by atoms with E-state index in [0.29, 0.717) is 17.1 Å². The van der Waals surface area contributed by atoms with E-state index in [4.69, 9.17) is 11.6 Å². The lowest BCUT2D eigenvalue weighted by molar-refractivity contribution is 0.257. The molecule has 0 radical (unpaired) electrons. The van der Waals surface area contributed by atoms with Crippen LogP contribution in [0, 0.1) is 0 Å². The molecule has 1 fully saturated rings. The monoisotopic (exact) mass is 282 g/mol. The minimum absolute atomic E-state index is 0.298. The Morgan fingerprint density at radius 3 is 2.74 bits per heavy atom. The van der Waals surface area contributed by atoms with Gasteiger partial charge in [-0.3, -0.25) is 0 Å². The Hall–Kier alpha value is -0.870. The van der Waals surface area contributed by atoms with Crippen LogP contribution in [-0.2, 0) is 0 Å². The average Bonchev–Trinajstić information content (AvgIpc) is 2.38. The zero-order chi connectivity index (χ0) is 14.0. The summed E-state index contributed by atoms with van der Waals surface area (Å²) in [4.78, 5) is 13.6. The number of aromatic nitrogens is 2. The lowest BCUT2D eigenvalue weighted by Crippen LogP contribution is -2.45. The van der Waals surface area contributed by atoms with Crippen LogP contribution in [0.3, 0.4) is 0 Å². The maximum absolute atomic E-state index is 6.12. The number of halogens is 1. The van der Waals surface area contributed by atoms with Crippen LogP contribution in [0.5, 0.6) is 0 Å². The van der Waals surface area contributed by atoms with Gasteiger partial charge < -0.3 is 9.80 Å². The van der Waals surface area contributed by atoms with Gasteiger partial charge in [-0.1, -0.05) is 25.4 Å². The molecule has 1 saturated heterocycles. The molecule has 0 spiro atoms. The minimum atomic E-state index is 0.298. The van der Waals surface area contributed by atoms with E-state index in [1.165, 1.54) is 12.8 Å². The van der Waals surface area contributed by atoms with Gasteiger partial charge in [0, 0.05) is 31.1 Å². The van der Waals surface area contributed by atoms with Crippen LogP contribution < -0.4 is 4.90 Å². The summed E-state index contributed by atoms with van der Waals surface area (Å²) in [7, 11) is 4.28. The van der Waals surface area contributed by atoms with Crippen LogP contribution in [0.1, 0.15) is 38.4 Å². The molecule has 0 aliphatic carbocycles. The molecule has 0 aromatic carbocycles. The Morgan fingerprint density at radius 2 is 2.11 bits per heavy atom. The molecule has 5 heteroatoms. The molecule has 1 aliphatic heterocycles. The van der Waals surface area contributed by atoms with Crippen molar-refractivity contribution in [3.8, 4) is 0 Å². The van der Waals surface area contributed by atoms with Gasteiger partial charge in [-0.05, 0) is 26.9 Å². The van der Waals surface area contributed by atoms with Crippen LogP contribution in [0.2, 0.25) is 5.15 Å². The van der Waals surface area contributed by atoms with E-state index in [1.54, 1.807) is 0 Å². The number of nitrogens with zero attached hydrogens (tertiary/aromatic N) is 4. The third-order valence-electron chi connectivity index (χ3n) is 3.67. The minimum Gasteiger partial charge on any atom is -0.355 e. The zero-order valence-corrected chi connectivity index (χ0v) is 13.0. The number of hydrogen-bond donors (Lipinski definition) is 0. The third kappa shape index (κ3) is 3.57. The fourth-order valence-corrected chi connectivity index (χ4v) is 2.61. The van der Waals surface area contributed by atoms with Gasteiger partial charge in [0.05, 0.1) is 0 Å². The quantitative estimate of drug-likeness (QED) is 0.798. The zero-order valence-electron chi connectivity index (χ0n) is 12.2. The maximum atomic E-state index is 6.12. The van der Waals surface area contributed by atoms with Crippen LogP contribution >= 0.6 is 11.6 Å². The summed E-state index contributed by atoms with van der Waals surface area (Å²) in [5, 5.41) is 0.542. The summed E-state index contributed by atoms with van der Waals surface area (Å²) in [6.07, 6.45) is 2.45. The van der Waals surface area contributed by atoms with Crippen molar-refractivity contribution in [2.24, 2.45) is 0 Å². The van der Waals surface area contributed by atoms with Gasteiger partial charge in [0.2, 0.25) is 0 Å². The van der Waals surface area contributed by atoms with Gasteiger partial charge in [0.15, 0.2) is 0 Å². The second kappa shape index (κ2) is 6.06. The van der Waals surface area contributed by atoms with Crippen molar-refractivity contribution in [3.05, 3.63) is 17.0 Å². The Balaban J connectivity index is 2.21. The van der Waals surface area contributed by atoms with Gasteiger partial charge in [-0.2, -0.15) is 0 Å². The van der Waals surface area contributed by atoms with Gasteiger partial charge in [-0.15, -0.1) is 0 Å². The molecule has 1 atom stereocenters. The van der Waals surface area contributed by atoms with E-state index >= 15 is 0 Å². The predicted molar refractivity (Wildman–Crippen MR) is 80.1 cm³/mol. The summed E-state index contributed by atoms with van der Waals surface area (Å²) >= 11 is 6.12. The molecule has 2 heterocycles. The molecule has 1 aromatic rings. The Kier molecular flexibility index (Phi) is 4.63. The van der Waals surface area contributed by atoms with Crippen LogP contribution in [0.4, 0.5) is 5.82 Å². The standard InChI is InChI=1S/C14H23ClN4/c1-10(2)14-16-12(15)8-13(17-14)19-7-5-6-11(9-19)18(3)4/h8,10-11H,5-7,9H2,1-4H3. The van der Waals surface area contributed by atoms with Crippen molar-refractivity contribution in [1.82, 2.24) is 14.9 Å². The van der Waals surface area contributed by atoms with Crippen LogP contribution in [-0.4, -0.2) is 48.1 Å². The lowest BCUT2D eigenvalue weighted by Gasteiger charge is -2.37. The largest absolute Gasteiger partial charge is 0.355 e. The summed E-state index contributed by atoms with van der Waals surface area (Å²) in [6.45, 7) is 6.25. The van der Waals surface area contributed by atoms with Crippen molar-refractivity contribution >= 4 is 17.4 Å². The normalized spacial score (nSPS) is 20.4. The number of anilines is 1. The SMILES string of the molecule is CC(C)c1nc(Cl)cc(N2CCCC(N(C)C)C2)n1. The summed E-state index contributed by atoms with van der Waals surface area (Å²) < 4.78 is 0. The Bertz CT molecular complexity index is 433. The first-order chi connectivity index (χ1) is 8.97. The van der Waals surface area contributed by atoms with Crippen molar-refractivity contribution < 1.29 is 0 Å². The molecular formula is C14H23ClN4. The molecule has 0 bridgehead atoms. The van der Waals surface area contributed by atoms with E-state index in [-0.39, 0.29) is 0 Å². The summed E-state index contributed by atoms with van der Waals surface area (Å²) in [5.41, 5.74) is 0. The molecule has 1 unspecified atom stereocenters. The molecule has 106 valence electrons. The Morgan fingerprint density at radius 1 is 1.37 bits per heavy atom. The van der Waals surface area contributed by atoms with E-state index in [0.717, 1.165) is 24.7 Å². The molecule has 1 aromatic heterocycles. The average molecular weight is 283 g/mol. The molecule has 19 heavy (non-hydrogen) atoms. The van der Waals surface area contributed by atoms with Gasteiger partial charge in [0.25, 0.3) is 0 Å². The van der Waals surface area contributed by atoms with Crippen LogP contribution in [0.15, 0.2) is 6.07 Å². The highest BCUT2D eigenvalue weighted by Gasteiger charge is 2.23. The van der Waals surface area contributed by atoms with Crippen molar-refractivity contribution in [3.63, 3.8) is 0 Å². The molecule has 4 nitrogen and oxygen atoms in total. The Labute approximate surface area is 120 Å². The van der Waals surface area contributed by atoms with Crippen molar-refractivity contribution in [2.75, 3.05) is 32.1 Å². The fourth-order valence-electron chi connectivity index (χ4n) is 2.43. The fraction of sp³-hybridized carbons (Fsp3) is 0.714. The number of hydrogen-bond acceptors (Lipinski definition) is 4. The van der Waals surface area contributed by atoms with Crippen LogP contribution in [0.25, 0.3) is 0 Å². The predicted octanol–water partition coefficient (Wildman–Crippen LogP) is 2.78. The number of rotatable bonds is 3. The van der Waals surface area contributed by atoms with Gasteiger partial charge in [-0.25, -0.2) is 9.97 Å². The third-order valence-corrected chi connectivity index (χ3v) is 3.86. The number of piperidine rings is 1. The molecule has 2 rings (SSSR count). The van der Waals surface area contributed by atoms with Crippen molar-refractivity contribution in [1.29, 1.82) is 0 Å². The highest BCUT2D eigenvalue weighted by Crippen LogP contribution is 2.24. The van der Waals surface area contributed by atoms with E-state index in [9.17, 15) is 0 Å². The smallest absolute Gasteiger partial charge is 0.135 e. The molecule has 0 amide bonds. The van der Waals surface area contributed by atoms with E-state index in [2.05, 4.69) is 47.7 Å². The second-order valence-corrected chi connectivity index (χ2v) is 6.15. The highest BCUT2D eigenvalue weighted by atomic mass is 35.5. The topological polar surface area (TPSA) is 32.3 Å². The molecule has 0 N–H and O–H groups in total. The molecule has 1 aliphatic rings. The first-order valence-corrected chi connectivity index (χ1v) is 7.31. The van der Waals surface area contributed by atoms with Crippen molar-refractivity contribution in [2.45, 2.75) is 38.6 Å². The number of likely N-dealkylation sites (N-methyl/N-ethyl adjacent to an activating group) is 1. The van der Waals surface area contributed by atoms with E-state index < -0.39 is 0 Å². The second-order valence-electron chi connectivity index (χ2n) is 5.77. The van der Waals surface area contributed by atoms with Gasteiger partial charge in [0.1, 0.15) is 16.8 Å². The molecule has 0 saturated carbocycles. The van der Waals surface area contributed by atoms with Gasteiger partial charge >= 0.3 is 0 Å². The summed E-state index contributed by atoms with van der Waals surface area (Å²) in [6, 6.07) is 2.47. The highest BCUT2D eigenvalue weighted by molar-refractivity contribution is 6.29. The first-order valence-electron chi connectivity index (χ1n) is 6.93.